The Morgan fingerprint density at radius 1 is 1.06 bits per heavy atom. The van der Waals surface area contributed by atoms with Gasteiger partial charge in [-0.05, 0) is 75.3 Å². The number of anilines is 1. The summed E-state index contributed by atoms with van der Waals surface area (Å²) in [5.41, 5.74) is 2.84. The SMILES string of the molecule is COc1cc([C@H]2Nc3ccc(C(F)(F)F)cc3[C@H]3C=CC[C@@H]32)cc(Br)c1OCc1ccccc1. The lowest BCUT2D eigenvalue weighted by Gasteiger charge is -2.38. The van der Waals surface area contributed by atoms with Gasteiger partial charge in [-0.3, -0.25) is 0 Å². The maximum Gasteiger partial charge on any atom is 0.416 e. The Morgan fingerprint density at radius 2 is 1.85 bits per heavy atom. The number of hydrogen-bond donors (Lipinski definition) is 1. The van der Waals surface area contributed by atoms with Crippen LogP contribution in [0.25, 0.3) is 0 Å². The van der Waals surface area contributed by atoms with Gasteiger partial charge in [0.25, 0.3) is 0 Å². The van der Waals surface area contributed by atoms with Gasteiger partial charge in [0.15, 0.2) is 11.5 Å². The fourth-order valence-electron chi connectivity index (χ4n) is 4.89. The van der Waals surface area contributed by atoms with Gasteiger partial charge in [0, 0.05) is 11.6 Å². The Bertz CT molecular complexity index is 1230. The molecule has 0 bridgehead atoms. The number of rotatable bonds is 5. The number of halogens is 4. The maximum absolute atomic E-state index is 13.3. The molecule has 0 radical (unpaired) electrons. The van der Waals surface area contributed by atoms with Gasteiger partial charge in [-0.15, -0.1) is 0 Å². The predicted molar refractivity (Wildman–Crippen MR) is 129 cm³/mol. The molecule has 1 heterocycles. The molecule has 176 valence electrons. The molecular weight excluding hydrogens is 507 g/mol. The molecule has 0 aromatic heterocycles. The second kappa shape index (κ2) is 9.02. The molecular formula is C27H23BrF3NO2. The molecule has 5 rings (SSSR count). The van der Waals surface area contributed by atoms with Gasteiger partial charge < -0.3 is 14.8 Å². The fraction of sp³-hybridized carbons (Fsp3) is 0.259. The molecule has 34 heavy (non-hydrogen) atoms. The van der Waals surface area contributed by atoms with Crippen molar-refractivity contribution >= 4 is 21.6 Å². The van der Waals surface area contributed by atoms with E-state index in [0.717, 1.165) is 33.8 Å². The molecule has 2 aliphatic rings. The van der Waals surface area contributed by atoms with E-state index < -0.39 is 11.7 Å². The minimum absolute atomic E-state index is 0.0812. The molecule has 0 saturated heterocycles. The molecule has 0 saturated carbocycles. The lowest BCUT2D eigenvalue weighted by atomic mass is 9.76. The molecule has 1 aliphatic heterocycles. The van der Waals surface area contributed by atoms with Gasteiger partial charge in [-0.25, -0.2) is 0 Å². The number of benzene rings is 3. The molecule has 0 unspecified atom stereocenters. The standard InChI is InChI=1S/C27H23BrF3NO2/c1-33-24-13-17(12-22(28)26(24)34-15-16-6-3-2-4-7-16)25-20-9-5-8-19(20)21-14-18(27(29,30)31)10-11-23(21)32-25/h2-8,10-14,19-20,25,32H,9,15H2,1H3/t19-,20-,25+/m0/s1. The van der Waals surface area contributed by atoms with Crippen molar-refractivity contribution in [2.24, 2.45) is 5.92 Å². The van der Waals surface area contributed by atoms with Gasteiger partial charge >= 0.3 is 6.18 Å². The van der Waals surface area contributed by atoms with Crippen molar-refractivity contribution in [2.45, 2.75) is 31.2 Å². The van der Waals surface area contributed by atoms with E-state index in [-0.39, 0.29) is 17.9 Å². The molecule has 3 aromatic rings. The number of fused-ring (bicyclic) bond motifs is 3. The van der Waals surface area contributed by atoms with Crippen molar-refractivity contribution in [1.82, 2.24) is 0 Å². The molecule has 0 fully saturated rings. The minimum Gasteiger partial charge on any atom is -0.493 e. The van der Waals surface area contributed by atoms with E-state index in [1.54, 1.807) is 7.11 Å². The lowest BCUT2D eigenvalue weighted by molar-refractivity contribution is -0.137. The molecule has 3 aromatic carbocycles. The zero-order valence-corrected chi connectivity index (χ0v) is 20.0. The highest BCUT2D eigenvalue weighted by Gasteiger charge is 2.40. The van der Waals surface area contributed by atoms with E-state index in [1.165, 1.54) is 12.1 Å². The molecule has 3 nitrogen and oxygen atoms in total. The van der Waals surface area contributed by atoms with Crippen LogP contribution in [0, 0.1) is 5.92 Å². The average Bonchev–Trinajstić information content (AvgIpc) is 3.32. The second-order valence-electron chi connectivity index (χ2n) is 8.58. The molecule has 0 amide bonds. The molecule has 0 spiro atoms. The van der Waals surface area contributed by atoms with Gasteiger partial charge in [0.05, 0.1) is 23.2 Å². The summed E-state index contributed by atoms with van der Waals surface area (Å²) in [6.07, 6.45) is 0.506. The van der Waals surface area contributed by atoms with Gasteiger partial charge in [0.1, 0.15) is 6.61 Å². The van der Waals surface area contributed by atoms with Crippen molar-refractivity contribution in [3.63, 3.8) is 0 Å². The average molecular weight is 530 g/mol. The van der Waals surface area contributed by atoms with Crippen molar-refractivity contribution < 1.29 is 22.6 Å². The van der Waals surface area contributed by atoms with Gasteiger partial charge in [0.2, 0.25) is 0 Å². The largest absolute Gasteiger partial charge is 0.493 e. The third-order valence-corrected chi connectivity index (χ3v) is 7.12. The topological polar surface area (TPSA) is 30.5 Å². The Balaban J connectivity index is 1.46. The Labute approximate surface area is 204 Å². The van der Waals surface area contributed by atoms with Crippen LogP contribution in [0.5, 0.6) is 11.5 Å². The summed E-state index contributed by atoms with van der Waals surface area (Å²) in [4.78, 5) is 0. The van der Waals surface area contributed by atoms with Crippen LogP contribution in [-0.4, -0.2) is 7.11 Å². The smallest absolute Gasteiger partial charge is 0.416 e. The van der Waals surface area contributed by atoms with Crippen molar-refractivity contribution in [2.75, 3.05) is 12.4 Å². The Kier molecular flexibility index (Phi) is 6.06. The molecule has 1 aliphatic carbocycles. The van der Waals surface area contributed by atoms with Crippen LogP contribution < -0.4 is 14.8 Å². The Morgan fingerprint density at radius 3 is 2.59 bits per heavy atom. The summed E-state index contributed by atoms with van der Waals surface area (Å²) in [5, 5.41) is 3.49. The highest BCUT2D eigenvalue weighted by molar-refractivity contribution is 9.10. The van der Waals surface area contributed by atoms with Crippen LogP contribution >= 0.6 is 15.9 Å². The van der Waals surface area contributed by atoms with E-state index in [9.17, 15) is 13.2 Å². The number of methoxy groups -OCH3 is 1. The van der Waals surface area contributed by atoms with Crippen molar-refractivity contribution in [1.29, 1.82) is 0 Å². The molecule has 3 atom stereocenters. The zero-order chi connectivity index (χ0) is 23.9. The lowest BCUT2D eigenvalue weighted by Crippen LogP contribution is -2.29. The van der Waals surface area contributed by atoms with Gasteiger partial charge in [-0.2, -0.15) is 13.2 Å². The van der Waals surface area contributed by atoms with Crippen molar-refractivity contribution in [3.05, 3.63) is 99.5 Å². The Hall–Kier alpha value is -2.93. The summed E-state index contributed by atoms with van der Waals surface area (Å²) in [7, 11) is 1.60. The number of hydrogen-bond acceptors (Lipinski definition) is 3. The summed E-state index contributed by atoms with van der Waals surface area (Å²) < 4.78 is 52.4. The van der Waals surface area contributed by atoms with Crippen LogP contribution in [0.15, 0.2) is 77.3 Å². The highest BCUT2D eigenvalue weighted by atomic mass is 79.9. The van der Waals surface area contributed by atoms with Crippen LogP contribution in [0.4, 0.5) is 18.9 Å². The van der Waals surface area contributed by atoms with E-state index in [2.05, 4.69) is 27.3 Å². The second-order valence-corrected chi connectivity index (χ2v) is 9.44. The third-order valence-electron chi connectivity index (χ3n) is 6.53. The number of allylic oxidation sites excluding steroid dienone is 2. The van der Waals surface area contributed by atoms with E-state index in [1.807, 2.05) is 48.5 Å². The highest BCUT2D eigenvalue weighted by Crippen LogP contribution is 2.52. The first-order chi connectivity index (χ1) is 16.3. The van der Waals surface area contributed by atoms with E-state index in [0.29, 0.717) is 23.7 Å². The first kappa shape index (κ1) is 22.8. The van der Waals surface area contributed by atoms with Crippen LogP contribution in [0.1, 0.15) is 40.6 Å². The van der Waals surface area contributed by atoms with E-state index in [4.69, 9.17) is 9.47 Å². The summed E-state index contributed by atoms with van der Waals surface area (Å²) in [5.74, 6) is 1.23. The minimum atomic E-state index is -4.36. The molecule has 7 heteroatoms. The van der Waals surface area contributed by atoms with Crippen LogP contribution in [0.2, 0.25) is 0 Å². The number of nitrogens with one attached hydrogen (secondary N) is 1. The fourth-order valence-corrected chi connectivity index (χ4v) is 5.46. The predicted octanol–water partition coefficient (Wildman–Crippen LogP) is 7.88. The first-order valence-electron chi connectivity index (χ1n) is 11.0. The van der Waals surface area contributed by atoms with Gasteiger partial charge in [-0.1, -0.05) is 42.5 Å². The number of alkyl halides is 3. The van der Waals surface area contributed by atoms with Crippen molar-refractivity contribution in [3.8, 4) is 11.5 Å². The molecule has 1 N–H and O–H groups in total. The first-order valence-corrected chi connectivity index (χ1v) is 11.8. The van der Waals surface area contributed by atoms with E-state index >= 15 is 0 Å². The quantitative estimate of drug-likeness (QED) is 0.341. The third kappa shape index (κ3) is 4.29. The summed E-state index contributed by atoms with van der Waals surface area (Å²) in [6.45, 7) is 0.403. The zero-order valence-electron chi connectivity index (χ0n) is 18.4. The number of ether oxygens (including phenoxy) is 2. The maximum atomic E-state index is 13.3. The monoisotopic (exact) mass is 529 g/mol. The summed E-state index contributed by atoms with van der Waals surface area (Å²) >= 11 is 3.64. The van der Waals surface area contributed by atoms with Crippen LogP contribution in [-0.2, 0) is 12.8 Å². The summed E-state index contributed by atoms with van der Waals surface area (Å²) in [6, 6.07) is 17.7. The van der Waals surface area contributed by atoms with Crippen LogP contribution in [0.3, 0.4) is 0 Å². The normalized spacial score (nSPS) is 20.9.